The normalized spacial score (nSPS) is 19.3. The van der Waals surface area contributed by atoms with Gasteiger partial charge in [0.2, 0.25) is 0 Å². The van der Waals surface area contributed by atoms with Crippen molar-refractivity contribution in [2.75, 3.05) is 5.75 Å². The van der Waals surface area contributed by atoms with Crippen molar-refractivity contribution in [1.82, 2.24) is 0 Å². The molecule has 3 rings (SSSR count). The number of alkyl halides is 2. The van der Waals surface area contributed by atoms with Crippen molar-refractivity contribution in [1.29, 1.82) is 0 Å². The SMILES string of the molecule is O=C(CS(=O)(=O)c1ccccc1)c1ccc([C@H]2CC2(Cl)Cl)cc1. The molecule has 0 N–H and O–H groups in total. The number of sulfone groups is 1. The van der Waals surface area contributed by atoms with Crippen molar-refractivity contribution in [3.05, 3.63) is 65.7 Å². The van der Waals surface area contributed by atoms with Crippen LogP contribution in [0.4, 0.5) is 0 Å². The second-order valence-corrected chi connectivity index (χ2v) is 9.17. The summed E-state index contributed by atoms with van der Waals surface area (Å²) in [7, 11) is -3.63. The van der Waals surface area contributed by atoms with E-state index in [-0.39, 0.29) is 10.8 Å². The van der Waals surface area contributed by atoms with Crippen LogP contribution in [-0.2, 0) is 9.84 Å². The monoisotopic (exact) mass is 368 g/mol. The van der Waals surface area contributed by atoms with Crippen molar-refractivity contribution in [2.24, 2.45) is 0 Å². The van der Waals surface area contributed by atoms with Crippen LogP contribution in [0.3, 0.4) is 0 Å². The molecule has 1 aliphatic rings. The van der Waals surface area contributed by atoms with Crippen LogP contribution < -0.4 is 0 Å². The van der Waals surface area contributed by atoms with E-state index in [9.17, 15) is 13.2 Å². The van der Waals surface area contributed by atoms with E-state index in [2.05, 4.69) is 0 Å². The first-order valence-corrected chi connectivity index (χ1v) is 9.49. The standard InChI is InChI=1S/C17H14Cl2O3S/c18-17(19)10-15(17)12-6-8-13(9-7-12)16(20)11-23(21,22)14-4-2-1-3-5-14/h1-9,15H,10-11H2/t15-/m1/s1. The number of carbonyl (C=O) groups is 1. The summed E-state index contributed by atoms with van der Waals surface area (Å²) < 4.78 is 23.7. The molecule has 0 heterocycles. The highest BCUT2D eigenvalue weighted by Crippen LogP contribution is 2.59. The second kappa shape index (κ2) is 5.93. The Morgan fingerprint density at radius 3 is 2.13 bits per heavy atom. The van der Waals surface area contributed by atoms with Gasteiger partial charge in [0.15, 0.2) is 15.6 Å². The number of halogens is 2. The van der Waals surface area contributed by atoms with E-state index in [0.29, 0.717) is 12.0 Å². The average Bonchev–Trinajstić information content (AvgIpc) is 3.16. The Labute approximate surface area is 145 Å². The third kappa shape index (κ3) is 3.60. The molecule has 2 aromatic carbocycles. The van der Waals surface area contributed by atoms with Crippen molar-refractivity contribution in [3.63, 3.8) is 0 Å². The van der Waals surface area contributed by atoms with Crippen molar-refractivity contribution in [3.8, 4) is 0 Å². The van der Waals surface area contributed by atoms with E-state index < -0.39 is 25.7 Å². The molecule has 1 fully saturated rings. The van der Waals surface area contributed by atoms with Gasteiger partial charge in [0, 0.05) is 11.5 Å². The number of Topliss-reactive ketones (excluding diaryl/α,β-unsaturated/α-hetero) is 1. The third-order valence-electron chi connectivity index (χ3n) is 3.88. The summed E-state index contributed by atoms with van der Waals surface area (Å²) in [4.78, 5) is 12.4. The van der Waals surface area contributed by atoms with Gasteiger partial charge in [0.05, 0.1) is 4.90 Å². The van der Waals surface area contributed by atoms with Crippen molar-refractivity contribution < 1.29 is 13.2 Å². The first-order valence-electron chi connectivity index (χ1n) is 7.08. The van der Waals surface area contributed by atoms with Crippen LogP contribution in [-0.4, -0.2) is 24.3 Å². The minimum atomic E-state index is -3.63. The Balaban J connectivity index is 1.74. The lowest BCUT2D eigenvalue weighted by Crippen LogP contribution is -2.16. The fourth-order valence-electron chi connectivity index (χ4n) is 2.44. The van der Waals surface area contributed by atoms with Crippen LogP contribution in [0.15, 0.2) is 59.5 Å². The molecule has 1 saturated carbocycles. The molecule has 1 atom stereocenters. The zero-order valence-corrected chi connectivity index (χ0v) is 14.4. The summed E-state index contributed by atoms with van der Waals surface area (Å²) in [5.74, 6) is -0.906. The number of rotatable bonds is 5. The summed E-state index contributed by atoms with van der Waals surface area (Å²) in [6.45, 7) is 0. The summed E-state index contributed by atoms with van der Waals surface area (Å²) in [6.07, 6.45) is 0.686. The topological polar surface area (TPSA) is 51.2 Å². The van der Waals surface area contributed by atoms with Gasteiger partial charge in [-0.2, -0.15) is 0 Å². The van der Waals surface area contributed by atoms with E-state index in [1.165, 1.54) is 12.1 Å². The molecule has 0 amide bonds. The molecule has 0 unspecified atom stereocenters. The van der Waals surface area contributed by atoms with Crippen LogP contribution in [0.25, 0.3) is 0 Å². The molecule has 2 aromatic rings. The average molecular weight is 369 g/mol. The van der Waals surface area contributed by atoms with Gasteiger partial charge in [-0.1, -0.05) is 42.5 Å². The predicted molar refractivity (Wildman–Crippen MR) is 91.1 cm³/mol. The molecular formula is C17H14Cl2O3S. The number of carbonyl (C=O) groups excluding carboxylic acids is 1. The molecule has 23 heavy (non-hydrogen) atoms. The molecule has 0 aliphatic heterocycles. The molecule has 0 saturated heterocycles. The Morgan fingerprint density at radius 2 is 1.61 bits per heavy atom. The Kier molecular flexibility index (Phi) is 4.25. The zero-order valence-electron chi connectivity index (χ0n) is 12.1. The Hall–Kier alpha value is -1.36. The van der Waals surface area contributed by atoms with Gasteiger partial charge < -0.3 is 0 Å². The summed E-state index contributed by atoms with van der Waals surface area (Å²) in [5.41, 5.74) is 1.32. The summed E-state index contributed by atoms with van der Waals surface area (Å²) >= 11 is 12.0. The Morgan fingerprint density at radius 1 is 1.04 bits per heavy atom. The van der Waals surface area contributed by atoms with Gasteiger partial charge in [0.1, 0.15) is 10.1 Å². The highest BCUT2D eigenvalue weighted by molar-refractivity contribution is 7.92. The zero-order chi connectivity index (χ0) is 16.7. The van der Waals surface area contributed by atoms with Gasteiger partial charge in [-0.05, 0) is 24.1 Å². The number of benzene rings is 2. The van der Waals surface area contributed by atoms with Crippen molar-refractivity contribution >= 4 is 38.8 Å². The minimum Gasteiger partial charge on any atom is -0.293 e. The molecule has 0 radical (unpaired) electrons. The maximum atomic E-state index is 12.2. The molecule has 6 heteroatoms. The molecule has 0 aromatic heterocycles. The maximum absolute atomic E-state index is 12.2. The van der Waals surface area contributed by atoms with Crippen LogP contribution in [0, 0.1) is 0 Å². The fourth-order valence-corrected chi connectivity index (χ4v) is 4.25. The quantitative estimate of drug-likeness (QED) is 0.591. The van der Waals surface area contributed by atoms with Gasteiger partial charge in [0.25, 0.3) is 0 Å². The number of hydrogen-bond donors (Lipinski definition) is 0. The number of ketones is 1. The minimum absolute atomic E-state index is 0.0723. The lowest BCUT2D eigenvalue weighted by atomic mass is 10.1. The molecule has 120 valence electrons. The first kappa shape index (κ1) is 16.5. The van der Waals surface area contributed by atoms with Crippen molar-refractivity contribution in [2.45, 2.75) is 21.6 Å². The highest BCUT2D eigenvalue weighted by Gasteiger charge is 2.52. The molecular weight excluding hydrogens is 355 g/mol. The highest BCUT2D eigenvalue weighted by atomic mass is 35.5. The van der Waals surface area contributed by atoms with E-state index in [4.69, 9.17) is 23.2 Å². The van der Waals surface area contributed by atoms with Gasteiger partial charge >= 0.3 is 0 Å². The molecule has 3 nitrogen and oxygen atoms in total. The van der Waals surface area contributed by atoms with E-state index in [0.717, 1.165) is 5.56 Å². The third-order valence-corrected chi connectivity index (χ3v) is 6.35. The molecule has 0 bridgehead atoms. The van der Waals surface area contributed by atoms with Crippen LogP contribution in [0.1, 0.15) is 28.3 Å². The smallest absolute Gasteiger partial charge is 0.185 e. The molecule has 0 spiro atoms. The van der Waals surface area contributed by atoms with E-state index in [1.807, 2.05) is 0 Å². The summed E-state index contributed by atoms with van der Waals surface area (Å²) in [6, 6.07) is 14.8. The lowest BCUT2D eigenvalue weighted by Gasteiger charge is -2.06. The van der Waals surface area contributed by atoms with Crippen LogP contribution in [0.5, 0.6) is 0 Å². The second-order valence-electron chi connectivity index (χ2n) is 5.64. The number of hydrogen-bond acceptors (Lipinski definition) is 3. The summed E-state index contributed by atoms with van der Waals surface area (Å²) in [5, 5.41) is 0. The lowest BCUT2D eigenvalue weighted by molar-refractivity contribution is 0.102. The maximum Gasteiger partial charge on any atom is 0.185 e. The van der Waals surface area contributed by atoms with E-state index in [1.54, 1.807) is 42.5 Å². The predicted octanol–water partition coefficient (Wildman–Crippen LogP) is 4.00. The van der Waals surface area contributed by atoms with E-state index >= 15 is 0 Å². The largest absolute Gasteiger partial charge is 0.293 e. The van der Waals surface area contributed by atoms with Crippen LogP contribution >= 0.6 is 23.2 Å². The Bertz CT molecular complexity index is 828. The molecule has 1 aliphatic carbocycles. The van der Waals surface area contributed by atoms with Gasteiger partial charge in [-0.25, -0.2) is 8.42 Å². The van der Waals surface area contributed by atoms with Gasteiger partial charge in [-0.3, -0.25) is 4.79 Å². The van der Waals surface area contributed by atoms with Gasteiger partial charge in [-0.15, -0.1) is 23.2 Å². The fraction of sp³-hybridized carbons (Fsp3) is 0.235. The first-order chi connectivity index (χ1) is 10.8. The van der Waals surface area contributed by atoms with Crippen LogP contribution in [0.2, 0.25) is 0 Å².